The molecule has 1 aliphatic carbocycles. The fourth-order valence-electron chi connectivity index (χ4n) is 3.10. The van der Waals surface area contributed by atoms with E-state index in [1.807, 2.05) is 31.3 Å². The lowest BCUT2D eigenvalue weighted by atomic mass is 10.1. The molecule has 3 nitrogen and oxygen atoms in total. The van der Waals surface area contributed by atoms with Crippen LogP contribution in [0.5, 0.6) is 0 Å². The summed E-state index contributed by atoms with van der Waals surface area (Å²) in [7, 11) is 1.83. The van der Waals surface area contributed by atoms with Crippen LogP contribution in [-0.2, 0) is 11.3 Å². The Morgan fingerprint density at radius 1 is 1.25 bits per heavy atom. The lowest BCUT2D eigenvalue weighted by Crippen LogP contribution is -2.28. The number of hydrogen-bond acceptors (Lipinski definition) is 3. The lowest BCUT2D eigenvalue weighted by molar-refractivity contribution is -0.131. The van der Waals surface area contributed by atoms with E-state index in [2.05, 4.69) is 4.98 Å². The van der Waals surface area contributed by atoms with E-state index in [4.69, 9.17) is 0 Å². The van der Waals surface area contributed by atoms with Crippen LogP contribution >= 0.6 is 11.3 Å². The number of carbonyl (C=O) groups excluding carboxylic acids is 1. The molecule has 1 aliphatic rings. The minimum absolute atomic E-state index is 0.00911. The van der Waals surface area contributed by atoms with Gasteiger partial charge in [-0.05, 0) is 42.2 Å². The first-order valence-electron chi connectivity index (χ1n) is 7.97. The molecule has 1 saturated carbocycles. The highest BCUT2D eigenvalue weighted by Gasteiger charge is 2.45. The molecule has 0 N–H and O–H groups in total. The van der Waals surface area contributed by atoms with Gasteiger partial charge in [0.2, 0.25) is 5.91 Å². The van der Waals surface area contributed by atoms with Crippen LogP contribution in [0.25, 0.3) is 10.2 Å². The molecule has 0 spiro atoms. The van der Waals surface area contributed by atoms with Gasteiger partial charge in [-0.3, -0.25) is 4.79 Å². The fourth-order valence-corrected chi connectivity index (χ4v) is 4.12. The van der Waals surface area contributed by atoms with Gasteiger partial charge < -0.3 is 4.90 Å². The highest BCUT2D eigenvalue weighted by atomic mass is 32.1. The molecule has 3 aromatic rings. The Hall–Kier alpha value is -2.27. The first-order valence-corrected chi connectivity index (χ1v) is 8.78. The summed E-state index contributed by atoms with van der Waals surface area (Å²) in [6, 6.07) is 14.5. The van der Waals surface area contributed by atoms with Gasteiger partial charge in [-0.15, -0.1) is 11.3 Å². The van der Waals surface area contributed by atoms with Crippen LogP contribution in [-0.4, -0.2) is 22.8 Å². The van der Waals surface area contributed by atoms with Crippen molar-refractivity contribution in [3.8, 4) is 0 Å². The molecule has 24 heavy (non-hydrogen) atoms. The van der Waals surface area contributed by atoms with Crippen LogP contribution in [0.4, 0.5) is 4.39 Å². The van der Waals surface area contributed by atoms with E-state index >= 15 is 0 Å². The Bertz CT molecular complexity index is 857. The van der Waals surface area contributed by atoms with Crippen molar-refractivity contribution < 1.29 is 9.18 Å². The number of hydrogen-bond donors (Lipinski definition) is 0. The number of para-hydroxylation sites is 1. The van der Waals surface area contributed by atoms with Crippen molar-refractivity contribution in [2.45, 2.75) is 18.9 Å². The number of rotatable bonds is 4. The minimum atomic E-state index is -0.241. The van der Waals surface area contributed by atoms with Crippen molar-refractivity contribution in [2.75, 3.05) is 7.05 Å². The third-order valence-electron chi connectivity index (χ3n) is 4.49. The van der Waals surface area contributed by atoms with Crippen LogP contribution in [0, 0.1) is 11.7 Å². The minimum Gasteiger partial charge on any atom is -0.339 e. The molecule has 0 saturated heterocycles. The van der Waals surface area contributed by atoms with Crippen LogP contribution in [0.3, 0.4) is 0 Å². The second-order valence-corrected chi connectivity index (χ2v) is 7.39. The second-order valence-electron chi connectivity index (χ2n) is 6.27. The number of carbonyl (C=O) groups is 1. The first kappa shape index (κ1) is 15.3. The quantitative estimate of drug-likeness (QED) is 0.713. The molecular weight excluding hydrogens is 323 g/mol. The Balaban J connectivity index is 1.42. The van der Waals surface area contributed by atoms with Crippen LogP contribution in [0.1, 0.15) is 22.9 Å². The van der Waals surface area contributed by atoms with Crippen molar-refractivity contribution in [3.05, 3.63) is 64.9 Å². The number of benzene rings is 2. The van der Waals surface area contributed by atoms with Gasteiger partial charge in [0.1, 0.15) is 10.8 Å². The van der Waals surface area contributed by atoms with Gasteiger partial charge in [-0.25, -0.2) is 9.37 Å². The SMILES string of the molecule is CN(Cc1nc2ccccc2s1)C(=O)C1CC1c1ccc(F)cc1. The first-order chi connectivity index (χ1) is 11.6. The van der Waals surface area contributed by atoms with E-state index in [1.165, 1.54) is 12.1 Å². The standard InChI is InChI=1S/C19H17FN2OS/c1-22(11-18-21-16-4-2-3-5-17(16)24-18)19(23)15-10-14(15)12-6-8-13(20)9-7-12/h2-9,14-15H,10-11H2,1H3. The molecule has 1 heterocycles. The summed E-state index contributed by atoms with van der Waals surface area (Å²) in [5, 5.41) is 0.950. The van der Waals surface area contributed by atoms with Crippen molar-refractivity contribution in [1.82, 2.24) is 9.88 Å². The van der Waals surface area contributed by atoms with Gasteiger partial charge >= 0.3 is 0 Å². The van der Waals surface area contributed by atoms with Crippen molar-refractivity contribution in [3.63, 3.8) is 0 Å². The monoisotopic (exact) mass is 340 g/mol. The average Bonchev–Trinajstić information content (AvgIpc) is 3.27. The van der Waals surface area contributed by atoms with Gasteiger partial charge in [-0.2, -0.15) is 0 Å². The maximum atomic E-state index is 13.0. The Kier molecular flexibility index (Phi) is 3.81. The van der Waals surface area contributed by atoms with Crippen molar-refractivity contribution >= 4 is 27.5 Å². The van der Waals surface area contributed by atoms with Crippen LogP contribution in [0.15, 0.2) is 48.5 Å². The molecule has 5 heteroatoms. The van der Waals surface area contributed by atoms with E-state index in [1.54, 1.807) is 28.4 Å². The van der Waals surface area contributed by atoms with Crippen molar-refractivity contribution in [1.29, 1.82) is 0 Å². The summed E-state index contributed by atoms with van der Waals surface area (Å²) in [6.07, 6.45) is 0.842. The number of halogens is 1. The van der Waals surface area contributed by atoms with E-state index in [-0.39, 0.29) is 23.6 Å². The van der Waals surface area contributed by atoms with Gasteiger partial charge in [0, 0.05) is 13.0 Å². The smallest absolute Gasteiger partial charge is 0.226 e. The third-order valence-corrected chi connectivity index (χ3v) is 5.51. The lowest BCUT2D eigenvalue weighted by Gasteiger charge is -2.15. The Morgan fingerprint density at radius 2 is 2.00 bits per heavy atom. The second kappa shape index (κ2) is 5.98. The molecule has 1 aromatic heterocycles. The van der Waals surface area contributed by atoms with Crippen LogP contribution in [0.2, 0.25) is 0 Å². The van der Waals surface area contributed by atoms with E-state index in [0.29, 0.717) is 6.54 Å². The Morgan fingerprint density at radius 3 is 2.75 bits per heavy atom. The fraction of sp³-hybridized carbons (Fsp3) is 0.263. The maximum Gasteiger partial charge on any atom is 0.226 e. The zero-order chi connectivity index (χ0) is 16.7. The molecule has 4 rings (SSSR count). The molecule has 122 valence electrons. The van der Waals surface area contributed by atoms with Crippen molar-refractivity contribution in [2.24, 2.45) is 5.92 Å². The summed E-state index contributed by atoms with van der Waals surface area (Å²) < 4.78 is 14.1. The highest BCUT2D eigenvalue weighted by Crippen LogP contribution is 2.48. The van der Waals surface area contributed by atoms with Gasteiger partial charge in [-0.1, -0.05) is 24.3 Å². The van der Waals surface area contributed by atoms with E-state index in [0.717, 1.165) is 27.2 Å². The number of aromatic nitrogens is 1. The maximum absolute atomic E-state index is 13.0. The number of fused-ring (bicyclic) bond motifs is 1. The molecule has 1 fully saturated rings. The largest absolute Gasteiger partial charge is 0.339 e. The molecular formula is C19H17FN2OS. The zero-order valence-corrected chi connectivity index (χ0v) is 14.1. The Labute approximate surface area is 143 Å². The third kappa shape index (κ3) is 2.91. The molecule has 0 radical (unpaired) electrons. The highest BCUT2D eigenvalue weighted by molar-refractivity contribution is 7.18. The summed E-state index contributed by atoms with van der Waals surface area (Å²) in [6.45, 7) is 0.533. The van der Waals surface area contributed by atoms with Crippen LogP contribution < -0.4 is 0 Å². The predicted molar refractivity (Wildman–Crippen MR) is 93.3 cm³/mol. The normalized spacial score (nSPS) is 19.4. The van der Waals surface area contributed by atoms with E-state index in [9.17, 15) is 9.18 Å². The molecule has 2 atom stereocenters. The average molecular weight is 340 g/mol. The van der Waals surface area contributed by atoms with E-state index < -0.39 is 0 Å². The predicted octanol–water partition coefficient (Wildman–Crippen LogP) is 4.20. The van der Waals surface area contributed by atoms with Gasteiger partial charge in [0.25, 0.3) is 0 Å². The molecule has 2 unspecified atom stereocenters. The molecule has 0 bridgehead atoms. The number of thiazole rings is 1. The van der Waals surface area contributed by atoms with Gasteiger partial charge in [0.05, 0.1) is 16.8 Å². The topological polar surface area (TPSA) is 33.2 Å². The van der Waals surface area contributed by atoms with Gasteiger partial charge in [0.15, 0.2) is 0 Å². The summed E-state index contributed by atoms with van der Waals surface area (Å²) in [5.74, 6) is 0.129. The summed E-state index contributed by atoms with van der Waals surface area (Å²) in [5.41, 5.74) is 2.03. The molecule has 1 amide bonds. The summed E-state index contributed by atoms with van der Waals surface area (Å²) >= 11 is 1.63. The number of nitrogens with zero attached hydrogens (tertiary/aromatic N) is 2. The number of amides is 1. The molecule has 0 aliphatic heterocycles. The molecule has 2 aromatic carbocycles. The zero-order valence-electron chi connectivity index (χ0n) is 13.3. The summed E-state index contributed by atoms with van der Waals surface area (Å²) in [4.78, 5) is 18.9.